The van der Waals surface area contributed by atoms with Gasteiger partial charge >= 0.3 is 5.97 Å². The Kier molecular flexibility index (Phi) is 9.15. The molecule has 0 saturated heterocycles. The summed E-state index contributed by atoms with van der Waals surface area (Å²) in [5.41, 5.74) is 3.82. The summed E-state index contributed by atoms with van der Waals surface area (Å²) >= 11 is 2.81. The zero-order valence-electron chi connectivity index (χ0n) is 22.9. The largest absolute Gasteiger partial charge is 0.482 e. The highest BCUT2D eigenvalue weighted by molar-refractivity contribution is 7.99. The van der Waals surface area contributed by atoms with Gasteiger partial charge in [-0.3, -0.25) is 4.79 Å². The second-order valence-corrected chi connectivity index (χ2v) is 11.8. The molecule has 4 rings (SSSR count). The van der Waals surface area contributed by atoms with E-state index in [-0.39, 0.29) is 29.8 Å². The van der Waals surface area contributed by atoms with Gasteiger partial charge in [-0.1, -0.05) is 23.9 Å². The maximum atomic E-state index is 13.0. The number of rotatable bonds is 10. The van der Waals surface area contributed by atoms with Crippen molar-refractivity contribution >= 4 is 40.0 Å². The number of nitrogens with zero attached hydrogens (tertiary/aromatic N) is 3. The maximum absolute atomic E-state index is 13.0. The number of amides is 1. The molecule has 1 unspecified atom stereocenters. The Bertz CT molecular complexity index is 1310. The molecule has 1 amide bonds. The van der Waals surface area contributed by atoms with E-state index in [1.165, 1.54) is 33.5 Å². The van der Waals surface area contributed by atoms with Crippen LogP contribution < -0.4 is 10.1 Å². The zero-order chi connectivity index (χ0) is 27.4. The Morgan fingerprint density at radius 3 is 2.66 bits per heavy atom. The van der Waals surface area contributed by atoms with Crippen LogP contribution >= 0.6 is 23.1 Å². The number of esters is 1. The average molecular weight is 557 g/mol. The van der Waals surface area contributed by atoms with E-state index < -0.39 is 0 Å². The van der Waals surface area contributed by atoms with E-state index in [0.29, 0.717) is 28.1 Å². The molecule has 2 heterocycles. The molecule has 2 aromatic heterocycles. The van der Waals surface area contributed by atoms with Crippen LogP contribution in [0.5, 0.6) is 5.75 Å². The molecule has 38 heavy (non-hydrogen) atoms. The topological polar surface area (TPSA) is 95.3 Å². The van der Waals surface area contributed by atoms with Crippen LogP contribution in [0.4, 0.5) is 5.00 Å². The number of thioether (sulfide) groups is 1. The first-order valence-corrected chi connectivity index (χ1v) is 14.9. The van der Waals surface area contributed by atoms with Gasteiger partial charge in [0, 0.05) is 11.4 Å². The Morgan fingerprint density at radius 1 is 1.16 bits per heavy atom. The number of carbonyl (C=O) groups excluding carboxylic acids is 2. The molecule has 1 aromatic carbocycles. The number of aryl methyl sites for hydroxylation is 2. The third-order valence-electron chi connectivity index (χ3n) is 6.59. The van der Waals surface area contributed by atoms with Gasteiger partial charge in [0.25, 0.3) is 0 Å². The highest BCUT2D eigenvalue weighted by atomic mass is 32.2. The summed E-state index contributed by atoms with van der Waals surface area (Å²) in [7, 11) is 0. The minimum atomic E-state index is -0.365. The quantitative estimate of drug-likeness (QED) is 0.232. The highest BCUT2D eigenvalue weighted by Crippen LogP contribution is 2.39. The van der Waals surface area contributed by atoms with Gasteiger partial charge in [-0.2, -0.15) is 0 Å². The molecule has 0 aliphatic heterocycles. The number of nitrogens with one attached hydrogen (secondary N) is 1. The number of aromatic nitrogens is 3. The fourth-order valence-electron chi connectivity index (χ4n) is 4.54. The summed E-state index contributed by atoms with van der Waals surface area (Å²) < 4.78 is 13.7. The Labute approximate surface area is 232 Å². The highest BCUT2D eigenvalue weighted by Gasteiger charge is 2.28. The second kappa shape index (κ2) is 12.3. The van der Waals surface area contributed by atoms with Crippen molar-refractivity contribution in [2.45, 2.75) is 91.1 Å². The summed E-state index contributed by atoms with van der Waals surface area (Å²) in [4.78, 5) is 27.0. The van der Waals surface area contributed by atoms with Crippen molar-refractivity contribution in [3.63, 3.8) is 0 Å². The predicted octanol–water partition coefficient (Wildman–Crippen LogP) is 6.29. The van der Waals surface area contributed by atoms with E-state index in [9.17, 15) is 9.59 Å². The fourth-order valence-corrected chi connectivity index (χ4v) is 6.64. The van der Waals surface area contributed by atoms with Crippen molar-refractivity contribution in [3.05, 3.63) is 51.2 Å². The lowest BCUT2D eigenvalue weighted by Gasteiger charge is -2.17. The van der Waals surface area contributed by atoms with Crippen LogP contribution in [0.25, 0.3) is 0 Å². The summed E-state index contributed by atoms with van der Waals surface area (Å²) in [6.07, 6.45) is 3.36. The number of carbonyl (C=O) groups is 2. The third-order valence-corrected chi connectivity index (χ3v) is 8.76. The van der Waals surface area contributed by atoms with Gasteiger partial charge in [0.1, 0.15) is 10.8 Å². The van der Waals surface area contributed by atoms with Crippen molar-refractivity contribution in [1.29, 1.82) is 0 Å². The second-order valence-electron chi connectivity index (χ2n) is 9.75. The van der Waals surface area contributed by atoms with Crippen molar-refractivity contribution in [2.24, 2.45) is 0 Å². The Hall–Kier alpha value is -2.85. The van der Waals surface area contributed by atoms with Crippen molar-refractivity contribution in [3.8, 4) is 5.75 Å². The molecule has 8 nitrogen and oxygen atoms in total. The van der Waals surface area contributed by atoms with Gasteiger partial charge in [0.2, 0.25) is 5.91 Å². The molecule has 1 aliphatic carbocycles. The van der Waals surface area contributed by atoms with Crippen molar-refractivity contribution in [2.75, 3.05) is 11.1 Å². The van der Waals surface area contributed by atoms with Crippen LogP contribution in [0.1, 0.15) is 84.4 Å². The Balaban J connectivity index is 1.45. The molecule has 10 heteroatoms. The van der Waals surface area contributed by atoms with Crippen LogP contribution in [0, 0.1) is 13.8 Å². The first-order chi connectivity index (χ1) is 18.2. The molecule has 0 spiro atoms. The van der Waals surface area contributed by atoms with Crippen LogP contribution in [-0.4, -0.2) is 38.5 Å². The minimum absolute atomic E-state index is 0.144. The lowest BCUT2D eigenvalue weighted by Crippen LogP contribution is -2.19. The number of fused-ring (bicyclic) bond motifs is 1. The van der Waals surface area contributed by atoms with Gasteiger partial charge in [-0.25, -0.2) is 4.79 Å². The molecule has 204 valence electrons. The molecular weight excluding hydrogens is 520 g/mol. The normalized spacial score (nSPS) is 13.8. The molecule has 0 radical (unpaired) electrons. The molecule has 1 atom stereocenters. The lowest BCUT2D eigenvalue weighted by molar-refractivity contribution is -0.113. The van der Waals surface area contributed by atoms with Crippen LogP contribution in [0.2, 0.25) is 0 Å². The van der Waals surface area contributed by atoms with Crippen LogP contribution in [0.3, 0.4) is 0 Å². The fraction of sp³-hybridized carbons (Fsp3) is 0.500. The average Bonchev–Trinajstić information content (AvgIpc) is 3.45. The van der Waals surface area contributed by atoms with E-state index in [1.54, 1.807) is 0 Å². The monoisotopic (exact) mass is 556 g/mol. The van der Waals surface area contributed by atoms with Gasteiger partial charge in [-0.15, -0.1) is 21.5 Å². The first kappa shape index (κ1) is 28.2. The summed E-state index contributed by atoms with van der Waals surface area (Å²) in [5.74, 6) is 1.11. The number of thiophene rings is 1. The smallest absolute Gasteiger partial charge is 0.341 e. The van der Waals surface area contributed by atoms with E-state index >= 15 is 0 Å². The predicted molar refractivity (Wildman–Crippen MR) is 152 cm³/mol. The minimum Gasteiger partial charge on any atom is -0.482 e. The molecule has 1 aliphatic rings. The summed E-state index contributed by atoms with van der Waals surface area (Å²) in [6.45, 7) is 12.4. The van der Waals surface area contributed by atoms with Crippen molar-refractivity contribution in [1.82, 2.24) is 14.8 Å². The number of hydrogen-bond donors (Lipinski definition) is 1. The van der Waals surface area contributed by atoms with Crippen LogP contribution in [0.15, 0.2) is 23.4 Å². The standard InChI is InChI=1S/C28H36N4O4S2/c1-7-32-25(19(6)36-21-13-10-11-17(4)18(21)5)30-31-28(32)37-15-23(33)29-26-24(27(34)35-16(2)3)20-12-8-9-14-22(20)38-26/h10-11,13,16,19H,7-9,12,14-15H2,1-6H3,(H,29,33). The summed E-state index contributed by atoms with van der Waals surface area (Å²) in [5, 5.41) is 12.9. The number of anilines is 1. The number of ether oxygens (including phenoxy) is 2. The van der Waals surface area contributed by atoms with Gasteiger partial charge in [-0.05, 0) is 90.0 Å². The van der Waals surface area contributed by atoms with Crippen LogP contribution in [-0.2, 0) is 28.9 Å². The van der Waals surface area contributed by atoms with Gasteiger partial charge in [0.05, 0.1) is 17.4 Å². The van der Waals surface area contributed by atoms with E-state index in [1.807, 2.05) is 51.3 Å². The van der Waals surface area contributed by atoms with E-state index in [2.05, 4.69) is 28.5 Å². The molecule has 3 aromatic rings. The molecular formula is C28H36N4O4S2. The number of benzene rings is 1. The lowest BCUT2D eigenvalue weighted by atomic mass is 9.95. The van der Waals surface area contributed by atoms with Gasteiger partial charge in [0.15, 0.2) is 17.1 Å². The molecule has 1 N–H and O–H groups in total. The van der Waals surface area contributed by atoms with E-state index in [4.69, 9.17) is 9.47 Å². The SMILES string of the molecule is CCn1c(SCC(=O)Nc2sc3c(c2C(=O)OC(C)C)CCCC3)nnc1C(C)Oc1cccc(C)c1C. The van der Waals surface area contributed by atoms with Gasteiger partial charge < -0.3 is 19.4 Å². The summed E-state index contributed by atoms with van der Waals surface area (Å²) in [6, 6.07) is 5.99. The molecule has 0 fully saturated rings. The maximum Gasteiger partial charge on any atom is 0.341 e. The first-order valence-electron chi connectivity index (χ1n) is 13.1. The third kappa shape index (κ3) is 6.23. The van der Waals surface area contributed by atoms with Crippen molar-refractivity contribution < 1.29 is 19.1 Å². The Morgan fingerprint density at radius 2 is 1.92 bits per heavy atom. The van der Waals surface area contributed by atoms with E-state index in [0.717, 1.165) is 42.6 Å². The molecule has 0 saturated carbocycles. The zero-order valence-corrected chi connectivity index (χ0v) is 24.6. The molecule has 0 bridgehead atoms. The number of hydrogen-bond acceptors (Lipinski definition) is 8.